The van der Waals surface area contributed by atoms with Crippen LogP contribution >= 0.6 is 23.2 Å². The van der Waals surface area contributed by atoms with Gasteiger partial charge in [0, 0.05) is 25.6 Å². The molecule has 1 fully saturated rings. The van der Waals surface area contributed by atoms with E-state index < -0.39 is 6.10 Å². The van der Waals surface area contributed by atoms with Gasteiger partial charge in [0.05, 0.1) is 5.02 Å². The number of hydrogen-bond acceptors (Lipinski definition) is 3. The Kier molecular flexibility index (Phi) is 8.15. The van der Waals surface area contributed by atoms with Crippen molar-refractivity contribution in [1.29, 1.82) is 0 Å². The van der Waals surface area contributed by atoms with Gasteiger partial charge in [0.25, 0.3) is 5.91 Å². The van der Waals surface area contributed by atoms with Gasteiger partial charge in [0.15, 0.2) is 6.10 Å². The second kappa shape index (κ2) is 10.8. The number of benzene rings is 2. The van der Waals surface area contributed by atoms with Gasteiger partial charge in [0.1, 0.15) is 16.6 Å². The molecule has 1 atom stereocenters. The van der Waals surface area contributed by atoms with Crippen LogP contribution in [0, 0.1) is 11.7 Å². The van der Waals surface area contributed by atoms with Crippen molar-refractivity contribution in [3.05, 3.63) is 63.9 Å². The predicted octanol–water partition coefficient (Wildman–Crippen LogP) is 4.50. The molecule has 0 spiro atoms. The topological polar surface area (TPSA) is 58.6 Å². The van der Waals surface area contributed by atoms with E-state index in [9.17, 15) is 14.0 Å². The summed E-state index contributed by atoms with van der Waals surface area (Å²) in [5.74, 6) is -0.283. The van der Waals surface area contributed by atoms with Gasteiger partial charge in [-0.3, -0.25) is 9.59 Å². The summed E-state index contributed by atoms with van der Waals surface area (Å²) >= 11 is 12.1. The van der Waals surface area contributed by atoms with E-state index in [1.165, 1.54) is 6.07 Å². The number of amides is 2. The number of piperidine rings is 1. The predicted molar refractivity (Wildman–Crippen MR) is 119 cm³/mol. The molecule has 1 heterocycles. The molecule has 1 aliphatic rings. The highest BCUT2D eigenvalue weighted by Crippen LogP contribution is 2.32. The van der Waals surface area contributed by atoms with Crippen LogP contribution in [0.2, 0.25) is 10.0 Å². The van der Waals surface area contributed by atoms with Crippen molar-refractivity contribution in [3.8, 4) is 5.75 Å². The zero-order valence-electron chi connectivity index (χ0n) is 17.2. The van der Waals surface area contributed by atoms with Gasteiger partial charge in [-0.2, -0.15) is 0 Å². The Balaban J connectivity index is 1.44. The number of carbonyl (C=O) groups is 2. The SMILES string of the molecule is CC(Oc1cccc(Cl)c1Cl)C(=O)N1CCC(C(=O)NCCc2ccccc2F)CC1. The molecule has 31 heavy (non-hydrogen) atoms. The second-order valence-electron chi connectivity index (χ2n) is 7.54. The van der Waals surface area contributed by atoms with Gasteiger partial charge < -0.3 is 15.0 Å². The van der Waals surface area contributed by atoms with Crippen LogP contribution in [-0.2, 0) is 16.0 Å². The van der Waals surface area contributed by atoms with Crippen LogP contribution in [0.5, 0.6) is 5.75 Å². The summed E-state index contributed by atoms with van der Waals surface area (Å²) in [7, 11) is 0. The van der Waals surface area contributed by atoms with E-state index in [2.05, 4.69) is 5.32 Å². The molecule has 0 radical (unpaired) electrons. The lowest BCUT2D eigenvalue weighted by Gasteiger charge is -2.33. The van der Waals surface area contributed by atoms with E-state index in [0.29, 0.717) is 55.2 Å². The zero-order chi connectivity index (χ0) is 22.4. The van der Waals surface area contributed by atoms with Crippen LogP contribution < -0.4 is 10.1 Å². The molecule has 166 valence electrons. The number of nitrogens with one attached hydrogen (secondary N) is 1. The molecule has 2 aromatic carbocycles. The quantitative estimate of drug-likeness (QED) is 0.653. The van der Waals surface area contributed by atoms with Crippen molar-refractivity contribution in [2.45, 2.75) is 32.3 Å². The van der Waals surface area contributed by atoms with Crippen LogP contribution in [0.4, 0.5) is 4.39 Å². The molecule has 5 nitrogen and oxygen atoms in total. The van der Waals surface area contributed by atoms with E-state index in [-0.39, 0.29) is 28.6 Å². The van der Waals surface area contributed by atoms with Gasteiger partial charge in [0.2, 0.25) is 5.91 Å². The van der Waals surface area contributed by atoms with Crippen LogP contribution in [0.1, 0.15) is 25.3 Å². The monoisotopic (exact) mass is 466 g/mol. The zero-order valence-corrected chi connectivity index (χ0v) is 18.8. The summed E-state index contributed by atoms with van der Waals surface area (Å²) in [6.45, 7) is 2.99. The molecule has 0 aromatic heterocycles. The fourth-order valence-electron chi connectivity index (χ4n) is 3.60. The molecule has 0 aliphatic carbocycles. The summed E-state index contributed by atoms with van der Waals surface area (Å²) in [4.78, 5) is 26.9. The third-order valence-electron chi connectivity index (χ3n) is 5.40. The fraction of sp³-hybridized carbons (Fsp3) is 0.391. The third-order valence-corrected chi connectivity index (χ3v) is 6.20. The van der Waals surface area contributed by atoms with Crippen LogP contribution in [0.25, 0.3) is 0 Å². The molecule has 2 amide bonds. The Bertz CT molecular complexity index is 933. The highest BCUT2D eigenvalue weighted by molar-refractivity contribution is 6.42. The lowest BCUT2D eigenvalue weighted by atomic mass is 9.95. The van der Waals surface area contributed by atoms with Crippen LogP contribution in [0.15, 0.2) is 42.5 Å². The molecule has 8 heteroatoms. The number of nitrogens with zero attached hydrogens (tertiary/aromatic N) is 1. The molecule has 1 saturated heterocycles. The molecule has 3 rings (SSSR count). The smallest absolute Gasteiger partial charge is 0.263 e. The van der Waals surface area contributed by atoms with E-state index in [0.717, 1.165) is 0 Å². The fourth-order valence-corrected chi connectivity index (χ4v) is 3.94. The first kappa shape index (κ1) is 23.4. The van der Waals surface area contributed by atoms with Crippen LogP contribution in [0.3, 0.4) is 0 Å². The van der Waals surface area contributed by atoms with Crippen molar-refractivity contribution in [3.63, 3.8) is 0 Å². The maximum Gasteiger partial charge on any atom is 0.263 e. The van der Waals surface area contributed by atoms with Crippen LogP contribution in [-0.4, -0.2) is 42.5 Å². The van der Waals surface area contributed by atoms with Crippen molar-refractivity contribution in [1.82, 2.24) is 10.2 Å². The highest BCUT2D eigenvalue weighted by Gasteiger charge is 2.30. The second-order valence-corrected chi connectivity index (χ2v) is 8.33. The summed E-state index contributed by atoms with van der Waals surface area (Å²) < 4.78 is 19.4. The first-order valence-corrected chi connectivity index (χ1v) is 11.0. The van der Waals surface area contributed by atoms with Gasteiger partial charge in [-0.1, -0.05) is 47.5 Å². The summed E-state index contributed by atoms with van der Waals surface area (Å²) in [6.07, 6.45) is 0.864. The number of halogens is 3. The average molecular weight is 467 g/mol. The van der Waals surface area contributed by atoms with Crippen molar-refractivity contribution < 1.29 is 18.7 Å². The average Bonchev–Trinajstić information content (AvgIpc) is 2.77. The molecular weight excluding hydrogens is 442 g/mol. The summed E-state index contributed by atoms with van der Waals surface area (Å²) in [6, 6.07) is 11.6. The molecule has 1 unspecified atom stereocenters. The molecule has 2 aromatic rings. The Morgan fingerprint density at radius 1 is 1.16 bits per heavy atom. The maximum absolute atomic E-state index is 13.7. The first-order valence-electron chi connectivity index (χ1n) is 10.3. The molecule has 0 bridgehead atoms. The minimum Gasteiger partial charge on any atom is -0.479 e. The van der Waals surface area contributed by atoms with Crippen molar-refractivity contribution in [2.75, 3.05) is 19.6 Å². The van der Waals surface area contributed by atoms with Gasteiger partial charge in [-0.15, -0.1) is 0 Å². The van der Waals surface area contributed by atoms with Gasteiger partial charge in [-0.05, 0) is 49.9 Å². The maximum atomic E-state index is 13.7. The molecule has 1 aliphatic heterocycles. The van der Waals surface area contributed by atoms with E-state index >= 15 is 0 Å². The Hall–Kier alpha value is -2.31. The van der Waals surface area contributed by atoms with Gasteiger partial charge in [-0.25, -0.2) is 4.39 Å². The van der Waals surface area contributed by atoms with E-state index in [4.69, 9.17) is 27.9 Å². The number of rotatable bonds is 7. The third kappa shape index (κ3) is 6.11. The largest absolute Gasteiger partial charge is 0.479 e. The number of ether oxygens (including phenoxy) is 1. The molecule has 1 N–H and O–H groups in total. The summed E-state index contributed by atoms with van der Waals surface area (Å²) in [5, 5.41) is 3.51. The summed E-state index contributed by atoms with van der Waals surface area (Å²) in [5.41, 5.74) is 0.581. The molecule has 0 saturated carbocycles. The van der Waals surface area contributed by atoms with Crippen molar-refractivity contribution in [2.24, 2.45) is 5.92 Å². The lowest BCUT2D eigenvalue weighted by molar-refractivity contribution is -0.141. The number of likely N-dealkylation sites (tertiary alicyclic amines) is 1. The minimum atomic E-state index is -0.720. The van der Waals surface area contributed by atoms with E-state index in [1.54, 1.807) is 48.2 Å². The first-order chi connectivity index (χ1) is 14.9. The normalized spacial score (nSPS) is 15.4. The number of carbonyl (C=O) groups excluding carboxylic acids is 2. The minimum absolute atomic E-state index is 0.0570. The van der Waals surface area contributed by atoms with Crippen molar-refractivity contribution >= 4 is 35.0 Å². The Labute approximate surface area is 191 Å². The van der Waals surface area contributed by atoms with Gasteiger partial charge >= 0.3 is 0 Å². The molecular formula is C23H25Cl2FN2O3. The lowest BCUT2D eigenvalue weighted by Crippen LogP contribution is -2.47. The van der Waals surface area contributed by atoms with E-state index in [1.807, 2.05) is 0 Å². The Morgan fingerprint density at radius 3 is 2.58 bits per heavy atom. The standard InChI is InChI=1S/C23H25Cl2FN2O3/c1-15(31-20-8-4-6-18(24)21(20)25)23(30)28-13-10-17(11-14-28)22(29)27-12-9-16-5-2-3-7-19(16)26/h2-8,15,17H,9-14H2,1H3,(H,27,29). The number of hydrogen-bond donors (Lipinski definition) is 1. The highest BCUT2D eigenvalue weighted by atomic mass is 35.5. The Morgan fingerprint density at radius 2 is 1.87 bits per heavy atom.